The van der Waals surface area contributed by atoms with E-state index in [4.69, 9.17) is 4.74 Å². The van der Waals surface area contributed by atoms with E-state index in [0.717, 1.165) is 0 Å². The van der Waals surface area contributed by atoms with E-state index in [0.29, 0.717) is 13.2 Å². The predicted molar refractivity (Wildman–Crippen MR) is 69.1 cm³/mol. The van der Waals surface area contributed by atoms with Gasteiger partial charge in [-0.05, 0) is 26.7 Å². The van der Waals surface area contributed by atoms with Crippen molar-refractivity contribution in [3.05, 3.63) is 0 Å². The molecule has 1 aliphatic rings. The Kier molecular flexibility index (Phi) is 4.73. The highest BCUT2D eigenvalue weighted by Crippen LogP contribution is 2.15. The Bertz CT molecular complexity index is 321. The maximum atomic E-state index is 11.9. The molecule has 1 atom stereocenters. The molecule has 5 heteroatoms. The van der Waals surface area contributed by atoms with Crippen molar-refractivity contribution in [1.29, 1.82) is 0 Å². The first-order valence-electron chi connectivity index (χ1n) is 6.43. The van der Waals surface area contributed by atoms with E-state index in [1.807, 2.05) is 34.6 Å². The number of rotatable bonds is 4. The fourth-order valence-electron chi connectivity index (χ4n) is 2.04. The Labute approximate surface area is 109 Å². The summed E-state index contributed by atoms with van der Waals surface area (Å²) in [6, 6.07) is -0.380. The molecule has 1 aliphatic heterocycles. The fraction of sp³-hybridized carbons (Fsp3) is 0.846. The lowest BCUT2D eigenvalue weighted by Gasteiger charge is -2.37. The van der Waals surface area contributed by atoms with E-state index in [9.17, 15) is 9.59 Å². The van der Waals surface area contributed by atoms with E-state index in [1.54, 1.807) is 4.90 Å². The minimum Gasteiger partial charge on any atom is -0.374 e. The summed E-state index contributed by atoms with van der Waals surface area (Å²) in [6.07, 6.45) is 0. The van der Waals surface area contributed by atoms with Crippen LogP contribution >= 0.6 is 0 Å². The Morgan fingerprint density at radius 1 is 1.39 bits per heavy atom. The molecular weight excluding hydrogens is 232 g/mol. The van der Waals surface area contributed by atoms with Gasteiger partial charge in [0.15, 0.2) is 0 Å². The van der Waals surface area contributed by atoms with E-state index in [-0.39, 0.29) is 35.9 Å². The van der Waals surface area contributed by atoms with Gasteiger partial charge in [-0.3, -0.25) is 9.59 Å². The number of hydrogen-bond donors (Lipinski definition) is 1. The van der Waals surface area contributed by atoms with Gasteiger partial charge in [-0.25, -0.2) is 0 Å². The second-order valence-corrected chi connectivity index (χ2v) is 5.95. The summed E-state index contributed by atoms with van der Waals surface area (Å²) in [5, 5.41) is 2.63. The molecule has 0 bridgehead atoms. The maximum Gasteiger partial charge on any atom is 0.243 e. The number of nitrogens with zero attached hydrogens (tertiary/aromatic N) is 1. The highest BCUT2D eigenvalue weighted by Gasteiger charge is 2.36. The van der Waals surface area contributed by atoms with E-state index in [2.05, 4.69) is 5.32 Å². The highest BCUT2D eigenvalue weighted by atomic mass is 16.5. The first kappa shape index (κ1) is 15.0. The maximum absolute atomic E-state index is 11.9. The minimum atomic E-state index is -0.380. The first-order chi connectivity index (χ1) is 8.22. The molecule has 0 aliphatic carbocycles. The van der Waals surface area contributed by atoms with Crippen molar-refractivity contribution in [1.82, 2.24) is 10.2 Å². The molecule has 0 saturated carbocycles. The molecule has 1 fully saturated rings. The van der Waals surface area contributed by atoms with Gasteiger partial charge in [-0.15, -0.1) is 0 Å². The average Bonchev–Trinajstić information content (AvgIpc) is 2.20. The van der Waals surface area contributed by atoms with Gasteiger partial charge >= 0.3 is 0 Å². The molecule has 5 nitrogen and oxygen atoms in total. The van der Waals surface area contributed by atoms with Crippen LogP contribution in [0.5, 0.6) is 0 Å². The topological polar surface area (TPSA) is 58.6 Å². The van der Waals surface area contributed by atoms with Crippen LogP contribution < -0.4 is 5.32 Å². The third-order valence-corrected chi connectivity index (χ3v) is 2.84. The predicted octanol–water partition coefficient (Wildman–Crippen LogP) is 0.785. The van der Waals surface area contributed by atoms with Crippen molar-refractivity contribution >= 4 is 11.8 Å². The number of hydrogen-bond acceptors (Lipinski definition) is 3. The molecule has 0 aromatic heterocycles. The molecule has 104 valence electrons. The number of carbonyl (C=O) groups excluding carboxylic acids is 2. The Hall–Kier alpha value is -1.10. The van der Waals surface area contributed by atoms with Crippen molar-refractivity contribution in [2.75, 3.05) is 19.7 Å². The third kappa shape index (κ3) is 3.98. The van der Waals surface area contributed by atoms with Crippen LogP contribution in [0.2, 0.25) is 0 Å². The smallest absolute Gasteiger partial charge is 0.243 e. The SMILES string of the molecule is CC(C)C1C(=O)NCC(=O)N1CCOC(C)(C)C. The summed E-state index contributed by atoms with van der Waals surface area (Å²) in [7, 11) is 0. The van der Waals surface area contributed by atoms with Crippen LogP contribution in [-0.4, -0.2) is 48.1 Å². The van der Waals surface area contributed by atoms with Crippen molar-refractivity contribution in [3.8, 4) is 0 Å². The van der Waals surface area contributed by atoms with Crippen LogP contribution in [0.25, 0.3) is 0 Å². The number of nitrogens with one attached hydrogen (secondary N) is 1. The quantitative estimate of drug-likeness (QED) is 0.809. The van der Waals surface area contributed by atoms with Crippen LogP contribution in [-0.2, 0) is 14.3 Å². The van der Waals surface area contributed by atoms with Crippen molar-refractivity contribution in [2.24, 2.45) is 5.92 Å². The number of amides is 2. The van der Waals surface area contributed by atoms with Gasteiger partial charge in [0.25, 0.3) is 0 Å². The molecule has 1 unspecified atom stereocenters. The Balaban J connectivity index is 2.63. The molecule has 0 spiro atoms. The van der Waals surface area contributed by atoms with Crippen molar-refractivity contribution in [3.63, 3.8) is 0 Å². The zero-order valence-corrected chi connectivity index (χ0v) is 11.9. The molecule has 1 heterocycles. The lowest BCUT2D eigenvalue weighted by Crippen LogP contribution is -2.60. The molecule has 18 heavy (non-hydrogen) atoms. The molecule has 1 saturated heterocycles. The van der Waals surface area contributed by atoms with Gasteiger partial charge in [-0.1, -0.05) is 13.8 Å². The summed E-state index contributed by atoms with van der Waals surface area (Å²) in [5.41, 5.74) is -0.228. The normalized spacial score (nSPS) is 21.4. The number of ether oxygens (including phenoxy) is 1. The zero-order valence-electron chi connectivity index (χ0n) is 11.9. The average molecular weight is 256 g/mol. The van der Waals surface area contributed by atoms with Crippen molar-refractivity contribution < 1.29 is 14.3 Å². The molecule has 2 amide bonds. The van der Waals surface area contributed by atoms with Gasteiger partial charge in [0, 0.05) is 6.54 Å². The van der Waals surface area contributed by atoms with Gasteiger partial charge in [0.1, 0.15) is 6.04 Å². The Morgan fingerprint density at radius 2 is 2.00 bits per heavy atom. The standard InChI is InChI=1S/C13H24N2O3/c1-9(2)11-12(17)14-8-10(16)15(11)6-7-18-13(3,4)5/h9,11H,6-8H2,1-5H3,(H,14,17). The molecule has 0 aromatic rings. The van der Waals surface area contributed by atoms with E-state index < -0.39 is 0 Å². The van der Waals surface area contributed by atoms with Gasteiger partial charge in [-0.2, -0.15) is 0 Å². The van der Waals surface area contributed by atoms with Crippen LogP contribution in [0.4, 0.5) is 0 Å². The summed E-state index contributed by atoms with van der Waals surface area (Å²) >= 11 is 0. The van der Waals surface area contributed by atoms with Gasteiger partial charge in [0.05, 0.1) is 18.8 Å². The van der Waals surface area contributed by atoms with Gasteiger partial charge < -0.3 is 15.0 Å². The molecule has 1 rings (SSSR count). The number of carbonyl (C=O) groups is 2. The third-order valence-electron chi connectivity index (χ3n) is 2.84. The monoisotopic (exact) mass is 256 g/mol. The van der Waals surface area contributed by atoms with Crippen LogP contribution in [0.3, 0.4) is 0 Å². The summed E-state index contributed by atoms with van der Waals surface area (Å²) < 4.78 is 5.62. The molecule has 1 N–H and O–H groups in total. The second kappa shape index (κ2) is 5.69. The summed E-state index contributed by atoms with van der Waals surface area (Å²) in [4.78, 5) is 25.3. The highest BCUT2D eigenvalue weighted by molar-refractivity contribution is 5.94. The second-order valence-electron chi connectivity index (χ2n) is 5.95. The molecule has 0 aromatic carbocycles. The van der Waals surface area contributed by atoms with Crippen molar-refractivity contribution in [2.45, 2.75) is 46.3 Å². The lowest BCUT2D eigenvalue weighted by molar-refractivity contribution is -0.149. The summed E-state index contributed by atoms with van der Waals surface area (Å²) in [5.74, 6) is -0.00458. The first-order valence-corrected chi connectivity index (χ1v) is 6.43. The molecular formula is C13H24N2O3. The van der Waals surface area contributed by atoms with E-state index >= 15 is 0 Å². The van der Waals surface area contributed by atoms with Gasteiger partial charge in [0.2, 0.25) is 11.8 Å². The Morgan fingerprint density at radius 3 is 2.50 bits per heavy atom. The molecule has 0 radical (unpaired) electrons. The zero-order chi connectivity index (χ0) is 13.9. The fourth-order valence-corrected chi connectivity index (χ4v) is 2.04. The lowest BCUT2D eigenvalue weighted by atomic mass is 9.99. The largest absolute Gasteiger partial charge is 0.374 e. The van der Waals surface area contributed by atoms with Crippen LogP contribution in [0.15, 0.2) is 0 Å². The summed E-state index contributed by atoms with van der Waals surface area (Å²) in [6.45, 7) is 10.8. The van der Waals surface area contributed by atoms with E-state index in [1.165, 1.54) is 0 Å². The number of piperazine rings is 1. The van der Waals surface area contributed by atoms with Crippen LogP contribution in [0.1, 0.15) is 34.6 Å². The minimum absolute atomic E-state index is 0.0363. The van der Waals surface area contributed by atoms with Crippen LogP contribution in [0, 0.1) is 5.92 Å².